The van der Waals surface area contributed by atoms with Crippen LogP contribution in [0.5, 0.6) is 0 Å². The first-order chi connectivity index (χ1) is 8.65. The van der Waals surface area contributed by atoms with Crippen LogP contribution in [0.2, 0.25) is 5.02 Å². The molecular weight excluding hydrogens is 330 g/mol. The molecule has 0 aliphatic rings. The lowest BCUT2D eigenvalue weighted by molar-refractivity contribution is 0.585. The van der Waals surface area contributed by atoms with Gasteiger partial charge in [0.25, 0.3) is 0 Å². The average Bonchev–Trinajstić information content (AvgIpc) is 2.78. The minimum absolute atomic E-state index is 0.397. The molecule has 18 heavy (non-hydrogen) atoms. The smallest absolute Gasteiger partial charge is 0.0701 e. The summed E-state index contributed by atoms with van der Waals surface area (Å²) in [6.07, 6.45) is 1.02. The second-order valence-electron chi connectivity index (χ2n) is 4.19. The molecular formula is C14H15BrClNS. The molecule has 1 atom stereocenters. The lowest BCUT2D eigenvalue weighted by Crippen LogP contribution is -2.20. The van der Waals surface area contributed by atoms with Crippen molar-refractivity contribution in [2.45, 2.75) is 19.4 Å². The van der Waals surface area contributed by atoms with Gasteiger partial charge in [0.2, 0.25) is 0 Å². The van der Waals surface area contributed by atoms with Crippen LogP contribution in [0.25, 0.3) is 0 Å². The van der Waals surface area contributed by atoms with Crippen LogP contribution in [0.15, 0.2) is 40.2 Å². The maximum Gasteiger partial charge on any atom is 0.0701 e. The van der Waals surface area contributed by atoms with E-state index >= 15 is 0 Å². The molecule has 0 saturated heterocycles. The Hall–Kier alpha value is -0.350. The van der Waals surface area contributed by atoms with Crippen LogP contribution in [-0.2, 0) is 6.42 Å². The minimum Gasteiger partial charge on any atom is -0.309 e. The molecule has 0 spiro atoms. The second kappa shape index (κ2) is 6.71. The van der Waals surface area contributed by atoms with Gasteiger partial charge in [-0.05, 0) is 65.6 Å². The van der Waals surface area contributed by atoms with E-state index in [1.807, 2.05) is 12.1 Å². The van der Waals surface area contributed by atoms with Crippen molar-refractivity contribution < 1.29 is 0 Å². The Morgan fingerprint density at radius 1 is 1.22 bits per heavy atom. The molecule has 0 aliphatic heterocycles. The van der Waals surface area contributed by atoms with Crippen molar-refractivity contribution in [3.8, 4) is 0 Å². The Morgan fingerprint density at radius 2 is 1.94 bits per heavy atom. The number of thiophene rings is 1. The van der Waals surface area contributed by atoms with Gasteiger partial charge in [-0.25, -0.2) is 0 Å². The lowest BCUT2D eigenvalue weighted by Gasteiger charge is -2.11. The SMILES string of the molecule is CC(NCCc1ccc(Cl)cc1)c1ccc(Br)s1. The zero-order valence-electron chi connectivity index (χ0n) is 10.1. The molecule has 2 rings (SSSR count). The monoisotopic (exact) mass is 343 g/mol. The van der Waals surface area contributed by atoms with E-state index in [4.69, 9.17) is 11.6 Å². The molecule has 0 aliphatic carbocycles. The molecule has 4 heteroatoms. The van der Waals surface area contributed by atoms with Crippen molar-refractivity contribution >= 4 is 38.9 Å². The summed E-state index contributed by atoms with van der Waals surface area (Å²) in [5.74, 6) is 0. The first kappa shape index (κ1) is 14.1. The van der Waals surface area contributed by atoms with Crippen LogP contribution < -0.4 is 5.32 Å². The summed E-state index contributed by atoms with van der Waals surface area (Å²) in [4.78, 5) is 1.36. The summed E-state index contributed by atoms with van der Waals surface area (Å²) in [7, 11) is 0. The largest absolute Gasteiger partial charge is 0.309 e. The Kier molecular flexibility index (Phi) is 5.25. The molecule has 0 bridgehead atoms. The van der Waals surface area contributed by atoms with E-state index < -0.39 is 0 Å². The summed E-state index contributed by atoms with van der Waals surface area (Å²) >= 11 is 11.1. The predicted octanol–water partition coefficient (Wildman–Crippen LogP) is 5.06. The molecule has 2 aromatic rings. The molecule has 1 N–H and O–H groups in total. The van der Waals surface area contributed by atoms with Crippen LogP contribution in [0.4, 0.5) is 0 Å². The van der Waals surface area contributed by atoms with Crippen molar-refractivity contribution in [2.24, 2.45) is 0 Å². The summed E-state index contributed by atoms with van der Waals surface area (Å²) in [6.45, 7) is 3.17. The topological polar surface area (TPSA) is 12.0 Å². The fraction of sp³-hybridized carbons (Fsp3) is 0.286. The van der Waals surface area contributed by atoms with Crippen molar-refractivity contribution in [1.29, 1.82) is 0 Å². The van der Waals surface area contributed by atoms with Gasteiger partial charge in [0.1, 0.15) is 0 Å². The highest BCUT2D eigenvalue weighted by Gasteiger charge is 2.06. The normalized spacial score (nSPS) is 12.6. The number of halogens is 2. The quantitative estimate of drug-likeness (QED) is 0.799. The summed E-state index contributed by atoms with van der Waals surface area (Å²) in [5.41, 5.74) is 1.31. The maximum absolute atomic E-state index is 5.86. The number of hydrogen-bond acceptors (Lipinski definition) is 2. The Morgan fingerprint density at radius 3 is 2.56 bits per heavy atom. The van der Waals surface area contributed by atoms with E-state index in [-0.39, 0.29) is 0 Å². The van der Waals surface area contributed by atoms with E-state index in [9.17, 15) is 0 Å². The average molecular weight is 345 g/mol. The van der Waals surface area contributed by atoms with Gasteiger partial charge in [-0.15, -0.1) is 11.3 Å². The maximum atomic E-state index is 5.86. The molecule has 0 radical (unpaired) electrons. The third-order valence-corrected chi connectivity index (χ3v) is 4.86. The van der Waals surface area contributed by atoms with E-state index in [0.29, 0.717) is 6.04 Å². The van der Waals surface area contributed by atoms with Gasteiger partial charge in [-0.1, -0.05) is 23.7 Å². The zero-order valence-corrected chi connectivity index (χ0v) is 13.3. The van der Waals surface area contributed by atoms with E-state index in [1.54, 1.807) is 11.3 Å². The fourth-order valence-corrected chi connectivity index (χ4v) is 3.32. The molecule has 0 fully saturated rings. The standard InChI is InChI=1S/C14H15BrClNS/c1-10(13-6-7-14(15)18-13)17-9-8-11-2-4-12(16)5-3-11/h2-7,10,17H,8-9H2,1H3. The van der Waals surface area contributed by atoms with Gasteiger partial charge >= 0.3 is 0 Å². The molecule has 0 amide bonds. The van der Waals surface area contributed by atoms with Crippen molar-refractivity contribution in [2.75, 3.05) is 6.54 Å². The van der Waals surface area contributed by atoms with Gasteiger partial charge in [-0.2, -0.15) is 0 Å². The summed E-state index contributed by atoms with van der Waals surface area (Å²) in [5, 5.41) is 4.33. The minimum atomic E-state index is 0.397. The third-order valence-electron chi connectivity index (χ3n) is 2.80. The highest BCUT2D eigenvalue weighted by molar-refractivity contribution is 9.11. The molecule has 0 saturated carbocycles. The van der Waals surface area contributed by atoms with Crippen molar-refractivity contribution in [1.82, 2.24) is 5.32 Å². The molecule has 96 valence electrons. The summed E-state index contributed by atoms with van der Waals surface area (Å²) in [6, 6.07) is 12.7. The Balaban J connectivity index is 1.80. The van der Waals surface area contributed by atoms with E-state index in [1.165, 1.54) is 14.2 Å². The molecule has 1 aromatic carbocycles. The van der Waals surface area contributed by atoms with Gasteiger partial charge in [-0.3, -0.25) is 0 Å². The van der Waals surface area contributed by atoms with Crippen LogP contribution in [0, 0.1) is 0 Å². The number of nitrogens with one attached hydrogen (secondary N) is 1. The highest BCUT2D eigenvalue weighted by Crippen LogP contribution is 2.26. The lowest BCUT2D eigenvalue weighted by atomic mass is 10.1. The highest BCUT2D eigenvalue weighted by atomic mass is 79.9. The predicted molar refractivity (Wildman–Crippen MR) is 83.6 cm³/mol. The van der Waals surface area contributed by atoms with E-state index in [2.05, 4.69) is 52.4 Å². The van der Waals surface area contributed by atoms with Gasteiger partial charge in [0.15, 0.2) is 0 Å². The van der Waals surface area contributed by atoms with Crippen molar-refractivity contribution in [3.05, 3.63) is 55.6 Å². The summed E-state index contributed by atoms with van der Waals surface area (Å²) < 4.78 is 1.18. The van der Waals surface area contributed by atoms with Gasteiger partial charge in [0, 0.05) is 15.9 Å². The fourth-order valence-electron chi connectivity index (χ4n) is 1.75. The second-order valence-corrected chi connectivity index (χ2v) is 7.13. The zero-order chi connectivity index (χ0) is 13.0. The van der Waals surface area contributed by atoms with Crippen LogP contribution >= 0.6 is 38.9 Å². The van der Waals surface area contributed by atoms with Gasteiger partial charge in [0.05, 0.1) is 3.79 Å². The number of rotatable bonds is 5. The van der Waals surface area contributed by atoms with Crippen LogP contribution in [0.3, 0.4) is 0 Å². The molecule has 1 aromatic heterocycles. The first-order valence-corrected chi connectivity index (χ1v) is 7.87. The third kappa shape index (κ3) is 4.09. The number of hydrogen-bond donors (Lipinski definition) is 1. The Labute approximate surface area is 125 Å². The molecule has 1 unspecified atom stereocenters. The van der Waals surface area contributed by atoms with Crippen molar-refractivity contribution in [3.63, 3.8) is 0 Å². The molecule has 1 nitrogen and oxygen atoms in total. The van der Waals surface area contributed by atoms with Gasteiger partial charge < -0.3 is 5.32 Å². The van der Waals surface area contributed by atoms with Crippen LogP contribution in [-0.4, -0.2) is 6.54 Å². The van der Waals surface area contributed by atoms with E-state index in [0.717, 1.165) is 18.0 Å². The van der Waals surface area contributed by atoms with Crippen LogP contribution in [0.1, 0.15) is 23.4 Å². The molecule has 1 heterocycles. The number of benzene rings is 1. The Bertz CT molecular complexity index is 495. The first-order valence-electron chi connectivity index (χ1n) is 5.88.